The van der Waals surface area contributed by atoms with Gasteiger partial charge >= 0.3 is 5.97 Å². The number of anilines is 1. The highest BCUT2D eigenvalue weighted by Gasteiger charge is 2.18. The Kier molecular flexibility index (Phi) is 6.23. The Morgan fingerprint density at radius 1 is 1.04 bits per heavy atom. The van der Waals surface area contributed by atoms with Gasteiger partial charge in [0.2, 0.25) is 0 Å². The number of aryl methyl sites for hydroxylation is 1. The van der Waals surface area contributed by atoms with Crippen LogP contribution in [0.25, 0.3) is 0 Å². The van der Waals surface area contributed by atoms with Gasteiger partial charge in [-0.25, -0.2) is 4.79 Å². The number of hydrogen-bond donors (Lipinski definition) is 1. The molecule has 128 valence electrons. The molecule has 5 heteroatoms. The SMILES string of the molecule is Cc1ccccc1N1CCN(Cc2cccc(C(=O)O)c2)CC1.Cl. The van der Waals surface area contributed by atoms with Gasteiger partial charge in [-0.3, -0.25) is 4.90 Å². The van der Waals surface area contributed by atoms with Gasteiger partial charge in [-0.1, -0.05) is 30.3 Å². The molecule has 1 saturated heterocycles. The lowest BCUT2D eigenvalue weighted by molar-refractivity contribution is 0.0696. The first kappa shape index (κ1) is 18.3. The van der Waals surface area contributed by atoms with E-state index in [0.29, 0.717) is 5.56 Å². The molecule has 1 fully saturated rings. The summed E-state index contributed by atoms with van der Waals surface area (Å²) < 4.78 is 0. The number of aromatic carboxylic acids is 1. The zero-order valence-electron chi connectivity index (χ0n) is 13.8. The molecule has 0 bridgehead atoms. The number of carboxylic acids is 1. The van der Waals surface area contributed by atoms with Gasteiger partial charge in [-0.15, -0.1) is 12.4 Å². The summed E-state index contributed by atoms with van der Waals surface area (Å²) in [4.78, 5) is 15.9. The predicted octanol–water partition coefficient (Wildman–Crippen LogP) is 3.44. The molecule has 0 atom stereocenters. The first-order chi connectivity index (χ1) is 11.1. The second-order valence-corrected chi connectivity index (χ2v) is 6.06. The number of benzene rings is 2. The molecule has 24 heavy (non-hydrogen) atoms. The number of carboxylic acid groups (broad SMARTS) is 1. The quantitative estimate of drug-likeness (QED) is 0.921. The molecule has 0 unspecified atom stereocenters. The molecule has 0 aromatic heterocycles. The maximum absolute atomic E-state index is 11.1. The van der Waals surface area contributed by atoms with E-state index in [-0.39, 0.29) is 12.4 Å². The van der Waals surface area contributed by atoms with Crippen LogP contribution in [0.1, 0.15) is 21.5 Å². The van der Waals surface area contributed by atoms with E-state index in [1.165, 1.54) is 11.3 Å². The Hall–Kier alpha value is -2.04. The van der Waals surface area contributed by atoms with Crippen LogP contribution in [0.15, 0.2) is 48.5 Å². The van der Waals surface area contributed by atoms with Crippen molar-refractivity contribution < 1.29 is 9.90 Å². The fourth-order valence-electron chi connectivity index (χ4n) is 3.13. The van der Waals surface area contributed by atoms with E-state index in [2.05, 4.69) is 41.0 Å². The molecule has 0 radical (unpaired) electrons. The zero-order valence-corrected chi connectivity index (χ0v) is 14.6. The molecule has 1 aliphatic rings. The molecule has 0 saturated carbocycles. The van der Waals surface area contributed by atoms with Crippen LogP contribution in [0, 0.1) is 6.92 Å². The Morgan fingerprint density at radius 3 is 2.42 bits per heavy atom. The highest BCUT2D eigenvalue weighted by atomic mass is 35.5. The average molecular weight is 347 g/mol. The Balaban J connectivity index is 0.00000208. The third-order valence-electron chi connectivity index (χ3n) is 4.41. The third kappa shape index (κ3) is 4.28. The minimum absolute atomic E-state index is 0. The molecule has 1 aliphatic heterocycles. The Morgan fingerprint density at radius 2 is 1.75 bits per heavy atom. The van der Waals surface area contributed by atoms with E-state index in [1.54, 1.807) is 12.1 Å². The smallest absolute Gasteiger partial charge is 0.335 e. The highest BCUT2D eigenvalue weighted by molar-refractivity contribution is 5.87. The van der Waals surface area contributed by atoms with Crippen LogP contribution >= 0.6 is 12.4 Å². The van der Waals surface area contributed by atoms with Crippen molar-refractivity contribution >= 4 is 24.1 Å². The van der Waals surface area contributed by atoms with E-state index in [1.807, 2.05) is 12.1 Å². The summed E-state index contributed by atoms with van der Waals surface area (Å²) in [5.74, 6) is -0.865. The second-order valence-electron chi connectivity index (χ2n) is 6.06. The van der Waals surface area contributed by atoms with Gasteiger partial charge < -0.3 is 10.0 Å². The van der Waals surface area contributed by atoms with Gasteiger partial charge in [0.25, 0.3) is 0 Å². The topological polar surface area (TPSA) is 43.8 Å². The van der Waals surface area contributed by atoms with Gasteiger partial charge in [0, 0.05) is 38.4 Å². The molecule has 2 aromatic carbocycles. The molecule has 0 amide bonds. The summed E-state index contributed by atoms with van der Waals surface area (Å²) in [6, 6.07) is 15.7. The normalized spacial score (nSPS) is 15.0. The molecule has 1 heterocycles. The van der Waals surface area contributed by atoms with E-state index in [0.717, 1.165) is 38.3 Å². The van der Waals surface area contributed by atoms with Gasteiger partial charge in [-0.2, -0.15) is 0 Å². The molecular weight excluding hydrogens is 324 g/mol. The number of nitrogens with zero attached hydrogens (tertiary/aromatic N) is 2. The number of piperazine rings is 1. The van der Waals surface area contributed by atoms with Crippen LogP contribution in [0.5, 0.6) is 0 Å². The van der Waals surface area contributed by atoms with Crippen molar-refractivity contribution in [2.45, 2.75) is 13.5 Å². The summed E-state index contributed by atoms with van der Waals surface area (Å²) in [7, 11) is 0. The van der Waals surface area contributed by atoms with Crippen LogP contribution in [-0.2, 0) is 6.54 Å². The zero-order chi connectivity index (χ0) is 16.2. The van der Waals surface area contributed by atoms with Gasteiger partial charge in [0.05, 0.1) is 5.56 Å². The fraction of sp³-hybridized carbons (Fsp3) is 0.316. The predicted molar refractivity (Wildman–Crippen MR) is 99.3 cm³/mol. The molecule has 2 aromatic rings. The number of carbonyl (C=O) groups is 1. The summed E-state index contributed by atoms with van der Waals surface area (Å²) in [5, 5.41) is 9.08. The number of rotatable bonds is 4. The third-order valence-corrected chi connectivity index (χ3v) is 4.41. The van der Waals surface area contributed by atoms with Crippen molar-refractivity contribution in [3.63, 3.8) is 0 Å². The van der Waals surface area contributed by atoms with Crippen LogP contribution in [0.3, 0.4) is 0 Å². The van der Waals surface area contributed by atoms with Crippen LogP contribution < -0.4 is 4.90 Å². The Bertz CT molecular complexity index is 697. The second kappa shape index (κ2) is 8.18. The first-order valence-electron chi connectivity index (χ1n) is 7.98. The van der Waals surface area contributed by atoms with Crippen molar-refractivity contribution in [2.75, 3.05) is 31.1 Å². The van der Waals surface area contributed by atoms with Crippen molar-refractivity contribution in [3.8, 4) is 0 Å². The van der Waals surface area contributed by atoms with Gasteiger partial charge in [0.1, 0.15) is 0 Å². The lowest BCUT2D eigenvalue weighted by Crippen LogP contribution is -2.46. The van der Waals surface area contributed by atoms with Crippen LogP contribution in [0.2, 0.25) is 0 Å². The van der Waals surface area contributed by atoms with Gasteiger partial charge in [0.15, 0.2) is 0 Å². The molecule has 0 aliphatic carbocycles. The van der Waals surface area contributed by atoms with E-state index in [4.69, 9.17) is 5.11 Å². The maximum Gasteiger partial charge on any atom is 0.335 e. The van der Waals surface area contributed by atoms with Gasteiger partial charge in [-0.05, 0) is 36.2 Å². The summed E-state index contributed by atoms with van der Waals surface area (Å²) >= 11 is 0. The molecule has 3 rings (SSSR count). The monoisotopic (exact) mass is 346 g/mol. The fourth-order valence-corrected chi connectivity index (χ4v) is 3.13. The lowest BCUT2D eigenvalue weighted by atomic mass is 10.1. The standard InChI is InChI=1S/C19H22N2O2.ClH/c1-15-5-2-3-8-18(15)21-11-9-20(10-12-21)14-16-6-4-7-17(13-16)19(22)23;/h2-8,13H,9-12,14H2,1H3,(H,22,23);1H. The summed E-state index contributed by atoms with van der Waals surface area (Å²) in [6.45, 7) is 6.95. The largest absolute Gasteiger partial charge is 0.478 e. The number of hydrogen-bond acceptors (Lipinski definition) is 3. The average Bonchev–Trinajstić information content (AvgIpc) is 2.56. The summed E-state index contributed by atoms with van der Waals surface area (Å²) in [5.41, 5.74) is 4.06. The Labute approximate surface area is 149 Å². The van der Waals surface area contributed by atoms with Crippen molar-refractivity contribution in [1.82, 2.24) is 4.90 Å². The number of para-hydroxylation sites is 1. The maximum atomic E-state index is 11.1. The van der Waals surface area contributed by atoms with Crippen LogP contribution in [-0.4, -0.2) is 42.2 Å². The summed E-state index contributed by atoms with van der Waals surface area (Å²) in [6.07, 6.45) is 0. The first-order valence-corrected chi connectivity index (χ1v) is 7.98. The van der Waals surface area contributed by atoms with Crippen LogP contribution in [0.4, 0.5) is 5.69 Å². The molecular formula is C19H23ClN2O2. The molecule has 0 spiro atoms. The highest BCUT2D eigenvalue weighted by Crippen LogP contribution is 2.21. The molecule has 4 nitrogen and oxygen atoms in total. The van der Waals surface area contributed by atoms with Crippen molar-refractivity contribution in [1.29, 1.82) is 0 Å². The van der Waals surface area contributed by atoms with E-state index in [9.17, 15) is 4.79 Å². The minimum atomic E-state index is -0.865. The lowest BCUT2D eigenvalue weighted by Gasteiger charge is -2.36. The number of halogens is 1. The van der Waals surface area contributed by atoms with E-state index >= 15 is 0 Å². The van der Waals surface area contributed by atoms with E-state index < -0.39 is 5.97 Å². The molecule has 1 N–H and O–H groups in total. The van der Waals surface area contributed by atoms with Crippen molar-refractivity contribution in [3.05, 3.63) is 65.2 Å². The van der Waals surface area contributed by atoms with Crippen molar-refractivity contribution in [2.24, 2.45) is 0 Å². The minimum Gasteiger partial charge on any atom is -0.478 e.